The molecule has 2 aromatic carbocycles. The minimum Gasteiger partial charge on any atom is -0.345 e. The fourth-order valence-corrected chi connectivity index (χ4v) is 5.59. The van der Waals surface area contributed by atoms with Gasteiger partial charge in [0.15, 0.2) is 0 Å². The van der Waals surface area contributed by atoms with Crippen molar-refractivity contribution < 1.29 is 4.79 Å². The first-order valence-electron chi connectivity index (χ1n) is 10.1. The van der Waals surface area contributed by atoms with Crippen molar-refractivity contribution in [2.24, 2.45) is 5.41 Å². The Bertz CT molecular complexity index is 1190. The second kappa shape index (κ2) is 5.93. The number of likely N-dealkylation sites (tertiary alicyclic amines) is 1. The van der Waals surface area contributed by atoms with Crippen molar-refractivity contribution in [3.05, 3.63) is 65.0 Å². The number of rotatable bonds is 1. The minimum atomic E-state index is -0.140. The highest BCUT2D eigenvalue weighted by Crippen LogP contribution is 2.56. The molecule has 2 atom stereocenters. The molecule has 1 aliphatic heterocycles. The standard InChI is InChI=1S/C24H24N4O/c1-23(2)20-12-15-5-4-6-17(13-25)21(15)24(23,3)9-10-28(20)22(29)16-7-8-18-19(11-16)27-14-26-18/h4-8,11,14,20H,9-10,12H2,1-3H3,(H,26,27). The summed E-state index contributed by atoms with van der Waals surface area (Å²) in [4.78, 5) is 22.9. The van der Waals surface area contributed by atoms with Gasteiger partial charge in [0.25, 0.3) is 5.91 Å². The Morgan fingerprint density at radius 1 is 1.28 bits per heavy atom. The van der Waals surface area contributed by atoms with Crippen LogP contribution in [-0.2, 0) is 11.8 Å². The molecule has 146 valence electrons. The predicted octanol–water partition coefficient (Wildman–Crippen LogP) is 4.19. The predicted molar refractivity (Wildman–Crippen MR) is 112 cm³/mol. The van der Waals surface area contributed by atoms with Crippen LogP contribution < -0.4 is 0 Å². The maximum Gasteiger partial charge on any atom is 0.254 e. The number of hydrogen-bond donors (Lipinski definition) is 1. The lowest BCUT2D eigenvalue weighted by Gasteiger charge is -2.61. The monoisotopic (exact) mass is 384 g/mol. The van der Waals surface area contributed by atoms with Gasteiger partial charge in [-0.3, -0.25) is 4.79 Å². The number of benzene rings is 2. The fourth-order valence-electron chi connectivity index (χ4n) is 5.59. The molecule has 1 saturated heterocycles. The molecule has 2 heterocycles. The van der Waals surface area contributed by atoms with Crippen LogP contribution in [0.3, 0.4) is 0 Å². The third-order valence-electron chi connectivity index (χ3n) is 7.65. The van der Waals surface area contributed by atoms with Crippen molar-refractivity contribution in [3.8, 4) is 6.07 Å². The molecule has 5 nitrogen and oxygen atoms in total. The van der Waals surface area contributed by atoms with Crippen LogP contribution in [0.25, 0.3) is 11.0 Å². The largest absolute Gasteiger partial charge is 0.345 e. The van der Waals surface area contributed by atoms with E-state index in [4.69, 9.17) is 0 Å². The minimum absolute atomic E-state index is 0.0708. The van der Waals surface area contributed by atoms with Crippen LogP contribution >= 0.6 is 0 Å². The van der Waals surface area contributed by atoms with Crippen LogP contribution in [0.1, 0.15) is 54.2 Å². The number of carbonyl (C=O) groups is 1. The fraction of sp³-hybridized carbons (Fsp3) is 0.375. The molecule has 1 aromatic heterocycles. The molecule has 1 N–H and O–H groups in total. The lowest BCUT2D eigenvalue weighted by molar-refractivity contribution is -0.0263. The number of imidazole rings is 1. The number of aromatic nitrogens is 2. The lowest BCUT2D eigenvalue weighted by Crippen LogP contribution is -2.65. The molecule has 5 heteroatoms. The highest BCUT2D eigenvalue weighted by Gasteiger charge is 2.57. The van der Waals surface area contributed by atoms with E-state index in [1.165, 1.54) is 11.1 Å². The Morgan fingerprint density at radius 2 is 2.10 bits per heavy atom. The first-order chi connectivity index (χ1) is 13.9. The number of hydrogen-bond acceptors (Lipinski definition) is 3. The molecule has 29 heavy (non-hydrogen) atoms. The van der Waals surface area contributed by atoms with E-state index in [2.05, 4.69) is 47.8 Å². The number of nitrogens with zero attached hydrogens (tertiary/aromatic N) is 3. The number of nitriles is 1. The van der Waals surface area contributed by atoms with Crippen LogP contribution in [-0.4, -0.2) is 33.4 Å². The Morgan fingerprint density at radius 3 is 2.90 bits per heavy atom. The van der Waals surface area contributed by atoms with E-state index in [1.807, 2.05) is 30.3 Å². The number of nitrogens with one attached hydrogen (secondary N) is 1. The molecule has 0 radical (unpaired) electrons. The highest BCUT2D eigenvalue weighted by molar-refractivity contribution is 5.97. The van der Waals surface area contributed by atoms with Gasteiger partial charge in [0.05, 0.1) is 29.0 Å². The first-order valence-corrected chi connectivity index (χ1v) is 10.1. The second-order valence-electron chi connectivity index (χ2n) is 9.11. The van der Waals surface area contributed by atoms with E-state index >= 15 is 0 Å². The lowest BCUT2D eigenvalue weighted by atomic mass is 9.50. The summed E-state index contributed by atoms with van der Waals surface area (Å²) in [5, 5.41) is 9.71. The second-order valence-corrected chi connectivity index (χ2v) is 9.11. The van der Waals surface area contributed by atoms with Crippen molar-refractivity contribution in [1.82, 2.24) is 14.9 Å². The zero-order valence-electron chi connectivity index (χ0n) is 17.0. The maximum absolute atomic E-state index is 13.5. The molecule has 0 spiro atoms. The Labute approximate surface area is 170 Å². The number of aromatic amines is 1. The van der Waals surface area contributed by atoms with Gasteiger partial charge in [-0.2, -0.15) is 5.26 Å². The third kappa shape index (κ3) is 2.32. The van der Waals surface area contributed by atoms with Gasteiger partial charge in [-0.1, -0.05) is 32.9 Å². The van der Waals surface area contributed by atoms with Gasteiger partial charge in [0.2, 0.25) is 0 Å². The Kier molecular flexibility index (Phi) is 3.67. The van der Waals surface area contributed by atoms with Crippen molar-refractivity contribution in [1.29, 1.82) is 5.26 Å². The van der Waals surface area contributed by atoms with Crippen molar-refractivity contribution >= 4 is 16.9 Å². The summed E-state index contributed by atoms with van der Waals surface area (Å²) < 4.78 is 0. The van der Waals surface area contributed by atoms with E-state index in [9.17, 15) is 10.1 Å². The molecule has 1 aliphatic carbocycles. The summed E-state index contributed by atoms with van der Waals surface area (Å²) in [6.07, 6.45) is 3.28. The van der Waals surface area contributed by atoms with Crippen LogP contribution in [0.15, 0.2) is 42.7 Å². The van der Waals surface area contributed by atoms with Gasteiger partial charge < -0.3 is 9.88 Å². The summed E-state index contributed by atoms with van der Waals surface area (Å²) in [6, 6.07) is 14.2. The normalized spacial score (nSPS) is 24.8. The Balaban J connectivity index is 1.59. The van der Waals surface area contributed by atoms with Crippen LogP contribution in [0.4, 0.5) is 0 Å². The summed E-state index contributed by atoms with van der Waals surface area (Å²) in [5.74, 6) is 0.0708. The molecule has 1 fully saturated rings. The average Bonchev–Trinajstić information content (AvgIpc) is 3.17. The summed E-state index contributed by atoms with van der Waals surface area (Å²) in [7, 11) is 0. The summed E-state index contributed by atoms with van der Waals surface area (Å²) in [5.41, 5.74) is 5.33. The van der Waals surface area contributed by atoms with Crippen LogP contribution in [0.2, 0.25) is 0 Å². The van der Waals surface area contributed by atoms with E-state index < -0.39 is 0 Å². The van der Waals surface area contributed by atoms with Gasteiger partial charge in [-0.15, -0.1) is 0 Å². The molecular formula is C24H24N4O. The van der Waals surface area contributed by atoms with Crippen molar-refractivity contribution in [3.63, 3.8) is 0 Å². The van der Waals surface area contributed by atoms with Gasteiger partial charge in [-0.25, -0.2) is 4.98 Å². The molecule has 2 unspecified atom stereocenters. The van der Waals surface area contributed by atoms with Crippen molar-refractivity contribution in [2.75, 3.05) is 6.54 Å². The Hall–Kier alpha value is -3.13. The zero-order chi connectivity index (χ0) is 20.4. The topological polar surface area (TPSA) is 72.8 Å². The molecule has 1 amide bonds. The van der Waals surface area contributed by atoms with Crippen LogP contribution in [0.5, 0.6) is 0 Å². The zero-order valence-corrected chi connectivity index (χ0v) is 17.0. The quantitative estimate of drug-likeness (QED) is 0.684. The maximum atomic E-state index is 13.5. The van der Waals surface area contributed by atoms with E-state index in [0.29, 0.717) is 12.1 Å². The number of carbonyl (C=O) groups excluding carboxylic acids is 1. The van der Waals surface area contributed by atoms with Gasteiger partial charge in [0, 0.05) is 23.6 Å². The van der Waals surface area contributed by atoms with Gasteiger partial charge >= 0.3 is 0 Å². The van der Waals surface area contributed by atoms with E-state index in [-0.39, 0.29) is 22.8 Å². The first kappa shape index (κ1) is 17.9. The molecule has 0 saturated carbocycles. The molecular weight excluding hydrogens is 360 g/mol. The SMILES string of the molecule is CC12CCN(C(=O)c3ccc4nc[nH]c4c3)C(Cc3cccc(C#N)c31)C2(C)C. The molecule has 2 aliphatic rings. The molecule has 2 bridgehead atoms. The number of amides is 1. The average molecular weight is 384 g/mol. The summed E-state index contributed by atoms with van der Waals surface area (Å²) >= 11 is 0. The third-order valence-corrected chi connectivity index (χ3v) is 7.65. The smallest absolute Gasteiger partial charge is 0.254 e. The van der Waals surface area contributed by atoms with Gasteiger partial charge in [-0.05, 0) is 53.6 Å². The number of piperidine rings is 1. The van der Waals surface area contributed by atoms with Crippen LogP contribution in [0, 0.1) is 16.7 Å². The molecule has 5 rings (SSSR count). The van der Waals surface area contributed by atoms with E-state index in [0.717, 1.165) is 29.4 Å². The van der Waals surface area contributed by atoms with Gasteiger partial charge in [0.1, 0.15) is 0 Å². The highest BCUT2D eigenvalue weighted by atomic mass is 16.2. The van der Waals surface area contributed by atoms with E-state index in [1.54, 1.807) is 6.33 Å². The summed E-state index contributed by atoms with van der Waals surface area (Å²) in [6.45, 7) is 7.49. The van der Waals surface area contributed by atoms with Crippen molar-refractivity contribution in [2.45, 2.75) is 45.1 Å². The number of fused-ring (bicyclic) bond motifs is 5. The molecule has 3 aromatic rings. The number of H-pyrrole nitrogens is 1.